The Labute approximate surface area is 200 Å². The second kappa shape index (κ2) is 11.3. The summed E-state index contributed by atoms with van der Waals surface area (Å²) >= 11 is 1.06. The zero-order valence-corrected chi connectivity index (χ0v) is 20.2. The van der Waals surface area contributed by atoms with E-state index in [0.717, 1.165) is 11.3 Å². The lowest BCUT2D eigenvalue weighted by Gasteiger charge is -2.40. The summed E-state index contributed by atoms with van der Waals surface area (Å²) in [6.45, 7) is -0.849. The SMILES string of the molecule is COC(=O)[C@H]1CCCN1C(=O)[C@@H]1C[C@@H](NS(=O)(=O)c2cccs2)CCN1C(=O)COCC(=O)O. The summed E-state index contributed by atoms with van der Waals surface area (Å²) in [5.74, 6) is -2.87. The molecular weight excluding hydrogens is 490 g/mol. The fraction of sp³-hybridized carbons (Fsp3) is 0.600. The molecule has 188 valence electrons. The van der Waals surface area contributed by atoms with Crippen molar-refractivity contribution in [3.8, 4) is 0 Å². The van der Waals surface area contributed by atoms with E-state index in [1.165, 1.54) is 23.0 Å². The highest BCUT2D eigenvalue weighted by Crippen LogP contribution is 2.27. The van der Waals surface area contributed by atoms with Crippen molar-refractivity contribution in [1.82, 2.24) is 14.5 Å². The minimum absolute atomic E-state index is 0.00149. The van der Waals surface area contributed by atoms with Crippen LogP contribution in [-0.2, 0) is 38.7 Å². The summed E-state index contributed by atoms with van der Waals surface area (Å²) in [4.78, 5) is 51.7. The second-order valence-corrected chi connectivity index (χ2v) is 10.9. The van der Waals surface area contributed by atoms with Crippen LogP contribution in [0, 0.1) is 0 Å². The molecule has 2 N–H and O–H groups in total. The van der Waals surface area contributed by atoms with Gasteiger partial charge < -0.3 is 24.4 Å². The van der Waals surface area contributed by atoms with E-state index in [1.54, 1.807) is 11.4 Å². The largest absolute Gasteiger partial charge is 0.480 e. The predicted molar refractivity (Wildman–Crippen MR) is 118 cm³/mol. The molecule has 3 atom stereocenters. The number of amides is 2. The van der Waals surface area contributed by atoms with Gasteiger partial charge in [0.05, 0.1) is 7.11 Å². The Morgan fingerprint density at radius 1 is 1.15 bits per heavy atom. The Hall–Kier alpha value is -2.55. The fourth-order valence-electron chi connectivity index (χ4n) is 4.21. The Morgan fingerprint density at radius 2 is 1.91 bits per heavy atom. The molecule has 12 nitrogen and oxygen atoms in total. The van der Waals surface area contributed by atoms with Crippen molar-refractivity contribution in [2.24, 2.45) is 0 Å². The number of ether oxygens (including phenoxy) is 2. The zero-order chi connectivity index (χ0) is 24.9. The molecule has 34 heavy (non-hydrogen) atoms. The van der Waals surface area contributed by atoms with Gasteiger partial charge in [-0.05, 0) is 37.1 Å². The molecule has 2 aliphatic heterocycles. The normalized spacial score (nSPS) is 23.0. The Morgan fingerprint density at radius 3 is 2.56 bits per heavy atom. The van der Waals surface area contributed by atoms with E-state index in [2.05, 4.69) is 4.72 Å². The molecule has 1 aromatic rings. The monoisotopic (exact) mass is 517 g/mol. The highest BCUT2D eigenvalue weighted by molar-refractivity contribution is 7.91. The molecule has 0 aliphatic carbocycles. The maximum Gasteiger partial charge on any atom is 0.329 e. The standard InChI is InChI=1S/C20H27N3O9S2/c1-31-20(28)14-4-2-7-23(14)19(27)15-10-13(21-34(29,30)18-5-3-9-33-18)6-8-22(15)16(24)11-32-12-17(25)26/h3,5,9,13-15,21H,2,4,6-8,10-12H2,1H3,(H,25,26)/t13-,14+,15-/m0/s1. The van der Waals surface area contributed by atoms with Gasteiger partial charge in [0.2, 0.25) is 21.8 Å². The smallest absolute Gasteiger partial charge is 0.329 e. The number of carbonyl (C=O) groups is 4. The number of carboxylic acids is 1. The molecule has 2 fully saturated rings. The molecule has 3 heterocycles. The molecular formula is C20H27N3O9S2. The molecule has 2 saturated heterocycles. The summed E-state index contributed by atoms with van der Waals surface area (Å²) in [7, 11) is -2.57. The van der Waals surface area contributed by atoms with Crippen molar-refractivity contribution in [2.75, 3.05) is 33.4 Å². The van der Waals surface area contributed by atoms with E-state index in [0.29, 0.717) is 19.4 Å². The topological polar surface area (TPSA) is 160 Å². The van der Waals surface area contributed by atoms with Gasteiger partial charge in [0.15, 0.2) is 0 Å². The van der Waals surface area contributed by atoms with Crippen LogP contribution in [-0.4, -0.2) is 98.6 Å². The molecule has 0 saturated carbocycles. The van der Waals surface area contributed by atoms with E-state index >= 15 is 0 Å². The van der Waals surface area contributed by atoms with Crippen molar-refractivity contribution in [3.63, 3.8) is 0 Å². The van der Waals surface area contributed by atoms with E-state index in [4.69, 9.17) is 14.6 Å². The van der Waals surface area contributed by atoms with E-state index < -0.39 is 65.1 Å². The number of thiophene rings is 1. The molecule has 1 aromatic heterocycles. The Balaban J connectivity index is 1.79. The maximum absolute atomic E-state index is 13.5. The van der Waals surface area contributed by atoms with Gasteiger partial charge >= 0.3 is 11.9 Å². The van der Waals surface area contributed by atoms with Crippen LogP contribution in [0.3, 0.4) is 0 Å². The number of methoxy groups -OCH3 is 1. The van der Waals surface area contributed by atoms with Gasteiger partial charge in [0.1, 0.15) is 29.5 Å². The third kappa shape index (κ3) is 6.11. The summed E-state index contributed by atoms with van der Waals surface area (Å²) in [6, 6.07) is 0.643. The molecule has 0 bridgehead atoms. The van der Waals surface area contributed by atoms with Gasteiger partial charge in [-0.1, -0.05) is 6.07 Å². The summed E-state index contributed by atoms with van der Waals surface area (Å²) in [6.07, 6.45) is 1.26. The van der Waals surface area contributed by atoms with Crippen molar-refractivity contribution in [2.45, 2.75) is 48.0 Å². The number of hydrogen-bond acceptors (Lipinski definition) is 9. The quantitative estimate of drug-likeness (QED) is 0.417. The van der Waals surface area contributed by atoms with E-state index in [-0.39, 0.29) is 23.6 Å². The summed E-state index contributed by atoms with van der Waals surface area (Å²) < 4.78 is 37.8. The zero-order valence-electron chi connectivity index (χ0n) is 18.5. The van der Waals surface area contributed by atoms with Crippen LogP contribution in [0.4, 0.5) is 0 Å². The maximum atomic E-state index is 13.5. The van der Waals surface area contributed by atoms with Crippen molar-refractivity contribution < 1.29 is 42.2 Å². The summed E-state index contributed by atoms with van der Waals surface area (Å²) in [5.41, 5.74) is 0. The third-order valence-electron chi connectivity index (χ3n) is 5.75. The number of nitrogens with zero attached hydrogens (tertiary/aromatic N) is 2. The lowest BCUT2D eigenvalue weighted by molar-refractivity contribution is -0.157. The second-order valence-electron chi connectivity index (χ2n) is 7.98. The molecule has 14 heteroatoms. The molecule has 2 amide bonds. The molecule has 0 spiro atoms. The number of nitrogens with one attached hydrogen (secondary N) is 1. The van der Waals surface area contributed by atoms with Crippen LogP contribution in [0.2, 0.25) is 0 Å². The number of piperidine rings is 1. The van der Waals surface area contributed by atoms with Crippen LogP contribution in [0.5, 0.6) is 0 Å². The number of carbonyl (C=O) groups excluding carboxylic acids is 3. The van der Waals surface area contributed by atoms with Crippen LogP contribution >= 0.6 is 11.3 Å². The first kappa shape index (κ1) is 26.1. The molecule has 0 unspecified atom stereocenters. The minimum Gasteiger partial charge on any atom is -0.480 e. The predicted octanol–water partition coefficient (Wildman–Crippen LogP) is -0.349. The van der Waals surface area contributed by atoms with Crippen molar-refractivity contribution in [1.29, 1.82) is 0 Å². The minimum atomic E-state index is -3.80. The first-order valence-corrected chi connectivity index (χ1v) is 13.0. The van der Waals surface area contributed by atoms with Crippen LogP contribution < -0.4 is 4.72 Å². The van der Waals surface area contributed by atoms with Gasteiger partial charge in [-0.15, -0.1) is 11.3 Å². The number of carboxylic acid groups (broad SMARTS) is 1. The third-order valence-corrected chi connectivity index (χ3v) is 8.67. The number of sulfonamides is 1. The average molecular weight is 518 g/mol. The van der Waals surface area contributed by atoms with E-state index in [1.807, 2.05) is 0 Å². The number of esters is 1. The molecule has 0 aromatic carbocycles. The van der Waals surface area contributed by atoms with Gasteiger partial charge in [-0.25, -0.2) is 22.7 Å². The number of aliphatic carboxylic acids is 1. The van der Waals surface area contributed by atoms with Crippen LogP contribution in [0.25, 0.3) is 0 Å². The highest BCUT2D eigenvalue weighted by atomic mass is 32.2. The number of rotatable bonds is 9. The molecule has 2 aliphatic rings. The number of hydrogen-bond donors (Lipinski definition) is 2. The van der Waals surface area contributed by atoms with Crippen LogP contribution in [0.1, 0.15) is 25.7 Å². The Kier molecular flexibility index (Phi) is 8.62. The first-order chi connectivity index (χ1) is 16.1. The van der Waals surface area contributed by atoms with Crippen molar-refractivity contribution >= 4 is 45.1 Å². The van der Waals surface area contributed by atoms with Crippen LogP contribution in [0.15, 0.2) is 21.7 Å². The lowest BCUT2D eigenvalue weighted by atomic mass is 9.96. The summed E-state index contributed by atoms with van der Waals surface area (Å²) in [5, 5.41) is 10.4. The van der Waals surface area contributed by atoms with Gasteiger partial charge in [0, 0.05) is 19.1 Å². The first-order valence-electron chi connectivity index (χ1n) is 10.7. The van der Waals surface area contributed by atoms with Gasteiger partial charge in [0.25, 0.3) is 0 Å². The Bertz CT molecular complexity index is 1010. The van der Waals surface area contributed by atoms with E-state index in [9.17, 15) is 27.6 Å². The van der Waals surface area contributed by atoms with Gasteiger partial charge in [-0.3, -0.25) is 9.59 Å². The lowest BCUT2D eigenvalue weighted by Crippen LogP contribution is -2.59. The highest BCUT2D eigenvalue weighted by Gasteiger charge is 2.44. The fourth-order valence-corrected chi connectivity index (χ4v) is 6.50. The van der Waals surface area contributed by atoms with Gasteiger partial charge in [-0.2, -0.15) is 0 Å². The molecule has 3 rings (SSSR count). The van der Waals surface area contributed by atoms with Crippen molar-refractivity contribution in [3.05, 3.63) is 17.5 Å². The average Bonchev–Trinajstić information content (AvgIpc) is 3.50. The number of likely N-dealkylation sites (tertiary alicyclic amines) is 2. The molecule has 0 radical (unpaired) electrons.